The molecule has 2 atom stereocenters. The van der Waals surface area contributed by atoms with Crippen molar-refractivity contribution < 1.29 is 37.8 Å². The molecule has 0 bridgehead atoms. The smallest absolute Gasteiger partial charge is 0.361 e. The monoisotopic (exact) mass is 675 g/mol. The van der Waals surface area contributed by atoms with Crippen LogP contribution in [0.2, 0.25) is 0 Å². The molecule has 0 fully saturated rings. The van der Waals surface area contributed by atoms with Crippen molar-refractivity contribution in [2.45, 2.75) is 182 Å². The zero-order chi connectivity index (χ0) is 34.5. The number of rotatable bonds is 35. The molecule has 0 heterocycles. The topological polar surface area (TPSA) is 89.5 Å². The summed E-state index contributed by atoms with van der Waals surface area (Å²) in [7, 11) is -2.86. The third-order valence-electron chi connectivity index (χ3n) is 7.78. The van der Waals surface area contributed by atoms with Crippen LogP contribution in [0.5, 0.6) is 0 Å². The van der Waals surface area contributed by atoms with Gasteiger partial charge in [-0.2, -0.15) is 0 Å². The van der Waals surface area contributed by atoms with Crippen molar-refractivity contribution in [1.29, 1.82) is 0 Å². The lowest BCUT2D eigenvalue weighted by Crippen LogP contribution is -2.63. The lowest BCUT2D eigenvalue weighted by atomic mass is 10.2. The second-order valence-electron chi connectivity index (χ2n) is 12.3. The van der Waals surface area contributed by atoms with Gasteiger partial charge in [-0.05, 0) is 45.4 Å². The Morgan fingerprint density at radius 1 is 0.543 bits per heavy atom. The van der Waals surface area contributed by atoms with E-state index >= 15 is 0 Å². The van der Waals surface area contributed by atoms with Crippen molar-refractivity contribution in [2.24, 2.45) is 0 Å². The van der Waals surface area contributed by atoms with Gasteiger partial charge in [0.25, 0.3) is 0 Å². The molecule has 0 amide bonds. The van der Waals surface area contributed by atoms with Gasteiger partial charge in [-0.15, -0.1) is 0 Å². The van der Waals surface area contributed by atoms with E-state index in [1.165, 1.54) is 0 Å². The average molecular weight is 676 g/mol. The molecule has 0 saturated heterocycles. The molecule has 0 saturated carbocycles. The average Bonchev–Trinajstić information content (AvgIpc) is 3.05. The van der Waals surface area contributed by atoms with E-state index in [4.69, 9.17) is 28.4 Å². The number of ether oxygens (including phenoxy) is 6. The predicted octanol–water partition coefficient (Wildman–Crippen LogP) is 10.8. The molecule has 46 heavy (non-hydrogen) atoms. The first-order valence-electron chi connectivity index (χ1n) is 18.7. The van der Waals surface area contributed by atoms with Crippen molar-refractivity contribution in [3.63, 3.8) is 0 Å². The summed E-state index contributed by atoms with van der Waals surface area (Å²) in [5.41, 5.74) is -2.44. The van der Waals surface area contributed by atoms with Crippen LogP contribution in [0.1, 0.15) is 164 Å². The Labute approximate surface area is 284 Å². The van der Waals surface area contributed by atoms with Crippen molar-refractivity contribution in [2.75, 3.05) is 39.6 Å². The molecule has 0 aliphatic carbocycles. The molecule has 9 heteroatoms. The molecule has 8 nitrogen and oxygen atoms in total. The Bertz CT molecular complexity index is 731. The summed E-state index contributed by atoms with van der Waals surface area (Å²) in [5, 5.41) is 0. The third-order valence-corrected chi connectivity index (χ3v) is 9.59. The first kappa shape index (κ1) is 45.3. The highest BCUT2D eigenvalue weighted by molar-refractivity contribution is 7.65. The third kappa shape index (κ3) is 17.6. The molecule has 0 aromatic carbocycles. The zero-order valence-corrected chi connectivity index (χ0v) is 31.9. The summed E-state index contributed by atoms with van der Waals surface area (Å²) in [6, 6.07) is 0. The van der Waals surface area contributed by atoms with Crippen LogP contribution in [0, 0.1) is 0 Å². The quantitative estimate of drug-likeness (QED) is 0.0284. The summed E-state index contributed by atoms with van der Waals surface area (Å²) in [4.78, 5) is 13.7. The second-order valence-corrected chi connectivity index (χ2v) is 14.0. The lowest BCUT2D eigenvalue weighted by Gasteiger charge is -2.43. The van der Waals surface area contributed by atoms with Gasteiger partial charge in [0.15, 0.2) is 0 Å². The van der Waals surface area contributed by atoms with Gasteiger partial charge in [-0.1, -0.05) is 130 Å². The number of unbranched alkanes of at least 4 members (excludes halogenated alkanes) is 12. The highest BCUT2D eigenvalue weighted by atomic mass is 31.1. The second kappa shape index (κ2) is 29.2. The molecule has 2 unspecified atom stereocenters. The Balaban J connectivity index is 7.41. The van der Waals surface area contributed by atoms with Crippen LogP contribution in [0.3, 0.4) is 0 Å². The van der Waals surface area contributed by atoms with Crippen LogP contribution < -0.4 is 0 Å². The van der Waals surface area contributed by atoms with Crippen LogP contribution in [0.25, 0.3) is 0 Å². The molecular formula is C37H72O8P+. The first-order chi connectivity index (χ1) is 22.3. The first-order valence-corrected chi connectivity index (χ1v) is 20.0. The fourth-order valence-corrected chi connectivity index (χ4v) is 6.40. The molecule has 0 rings (SSSR count). The maximum atomic E-state index is 14.7. The molecule has 0 aliphatic heterocycles. The van der Waals surface area contributed by atoms with Gasteiger partial charge in [0.1, 0.15) is 0 Å². The fraction of sp³-hybridized carbons (Fsp3) is 0.919. The van der Waals surface area contributed by atoms with Crippen molar-refractivity contribution in [3.05, 3.63) is 12.2 Å². The van der Waals surface area contributed by atoms with Crippen LogP contribution in [-0.4, -0.2) is 62.8 Å². The maximum Gasteiger partial charge on any atom is 0.489 e. The molecule has 0 N–H and O–H groups in total. The summed E-state index contributed by atoms with van der Waals surface area (Å²) in [6.45, 7) is 20.0. The van der Waals surface area contributed by atoms with Gasteiger partial charge in [-0.3, -0.25) is 0 Å². The lowest BCUT2D eigenvalue weighted by molar-refractivity contribution is -0.447. The van der Waals surface area contributed by atoms with E-state index < -0.39 is 30.9 Å². The van der Waals surface area contributed by atoms with Crippen LogP contribution in [0.15, 0.2) is 12.2 Å². The molecule has 0 radical (unpaired) electrons. The van der Waals surface area contributed by atoms with Crippen molar-refractivity contribution >= 4 is 13.3 Å². The number of hydrogen-bond acceptors (Lipinski definition) is 8. The van der Waals surface area contributed by atoms with E-state index in [1.807, 2.05) is 0 Å². The molecule has 0 aromatic heterocycles. The summed E-state index contributed by atoms with van der Waals surface area (Å²) >= 11 is 0. The maximum absolute atomic E-state index is 14.7. The van der Waals surface area contributed by atoms with E-state index in [9.17, 15) is 9.36 Å². The zero-order valence-electron chi connectivity index (χ0n) is 31.0. The van der Waals surface area contributed by atoms with Gasteiger partial charge >= 0.3 is 24.8 Å². The largest absolute Gasteiger partial charge is 0.489 e. The van der Waals surface area contributed by atoms with Gasteiger partial charge in [-0.25, -0.2) is 4.79 Å². The molecule has 272 valence electrons. The Kier molecular flexibility index (Phi) is 28.7. The molecule has 0 aromatic rings. The predicted molar refractivity (Wildman–Crippen MR) is 190 cm³/mol. The van der Waals surface area contributed by atoms with Crippen LogP contribution in [0.4, 0.5) is 0 Å². The van der Waals surface area contributed by atoms with Crippen LogP contribution >= 0.6 is 7.80 Å². The van der Waals surface area contributed by atoms with E-state index in [-0.39, 0.29) is 18.8 Å². The SMILES string of the molecule is C=C(C)C(=O)[P+](=O)C(OCCCCC)(OCCCCC)C(OCCCCC)C(OCCCCC)(OCCCCC)OCCCCC. The Morgan fingerprint density at radius 3 is 1.15 bits per heavy atom. The van der Waals surface area contributed by atoms with Crippen molar-refractivity contribution in [1.82, 2.24) is 0 Å². The van der Waals surface area contributed by atoms with E-state index in [0.29, 0.717) is 39.3 Å². The van der Waals surface area contributed by atoms with E-state index in [0.717, 1.165) is 103 Å². The minimum Gasteiger partial charge on any atom is -0.361 e. The number of carbonyl (C=O) groups is 1. The van der Waals surface area contributed by atoms with Gasteiger partial charge in [0, 0.05) is 12.2 Å². The molecular weight excluding hydrogens is 603 g/mol. The molecule has 0 aliphatic rings. The van der Waals surface area contributed by atoms with Gasteiger partial charge in [0.2, 0.25) is 6.10 Å². The minimum absolute atomic E-state index is 0.173. The normalized spacial score (nSPS) is 13.2. The minimum atomic E-state index is -2.86. The van der Waals surface area contributed by atoms with Crippen LogP contribution in [-0.2, 0) is 37.8 Å². The van der Waals surface area contributed by atoms with Gasteiger partial charge in [0.05, 0.1) is 33.0 Å². The Hall–Kier alpha value is -0.730. The fourth-order valence-electron chi connectivity index (χ4n) is 4.91. The summed E-state index contributed by atoms with van der Waals surface area (Å²) in [6.07, 6.45) is 15.0. The Morgan fingerprint density at radius 2 is 0.848 bits per heavy atom. The van der Waals surface area contributed by atoms with E-state index in [2.05, 4.69) is 48.1 Å². The highest BCUT2D eigenvalue weighted by Gasteiger charge is 2.71. The van der Waals surface area contributed by atoms with Crippen molar-refractivity contribution in [3.8, 4) is 0 Å². The number of carbonyl (C=O) groups excluding carboxylic acids is 1. The standard InChI is InChI=1S/C37H72O8P/c1-9-15-21-27-40-35(36(41-28-22-16-10-2,42-29-23-17-11-3)43-30-24-18-12-4)37(44-31-25-19-13-5,45-32-26-20-14-6)46(39)34(38)33(7)8/h35H,7,9-32H2,1-6,8H3/q+1. The number of allylic oxidation sites excluding steroid dienone is 1. The molecule has 0 spiro atoms. The number of hydrogen-bond donors (Lipinski definition) is 0. The summed E-state index contributed by atoms with van der Waals surface area (Å²) < 4.78 is 54.7. The van der Waals surface area contributed by atoms with E-state index in [1.54, 1.807) is 6.92 Å². The summed E-state index contributed by atoms with van der Waals surface area (Å²) in [5.74, 6) is -1.79. The highest BCUT2D eigenvalue weighted by Crippen LogP contribution is 2.51. The van der Waals surface area contributed by atoms with Gasteiger partial charge < -0.3 is 28.4 Å².